The summed E-state index contributed by atoms with van der Waals surface area (Å²) >= 11 is 0. The molecule has 0 saturated carbocycles. The van der Waals surface area contributed by atoms with Crippen LogP contribution >= 0.6 is 0 Å². The molecule has 1 aliphatic rings. The van der Waals surface area contributed by atoms with E-state index in [1.165, 1.54) is 11.4 Å². The lowest BCUT2D eigenvalue weighted by Gasteiger charge is -2.22. The van der Waals surface area contributed by atoms with Gasteiger partial charge in [0.1, 0.15) is 0 Å². The average molecular weight is 251 g/mol. The molecule has 1 heterocycles. The molecule has 0 aromatic rings. The molecular weight excluding hydrogens is 230 g/mol. The minimum atomic E-state index is -3.22. The first kappa shape index (κ1) is 13.9. The van der Waals surface area contributed by atoms with Crippen LogP contribution in [0.4, 0.5) is 0 Å². The van der Waals surface area contributed by atoms with Gasteiger partial charge in [-0.15, -0.1) is 0 Å². The van der Waals surface area contributed by atoms with Crippen molar-refractivity contribution in [3.63, 3.8) is 0 Å². The lowest BCUT2D eigenvalue weighted by Crippen LogP contribution is -2.36. The Bertz CT molecular complexity index is 313. The van der Waals surface area contributed by atoms with E-state index in [0.29, 0.717) is 32.4 Å². The van der Waals surface area contributed by atoms with Gasteiger partial charge in [0.25, 0.3) is 0 Å². The molecule has 1 atom stereocenters. The van der Waals surface area contributed by atoms with Crippen molar-refractivity contribution in [2.45, 2.75) is 31.8 Å². The van der Waals surface area contributed by atoms with Crippen LogP contribution in [0.5, 0.6) is 0 Å². The van der Waals surface area contributed by atoms with Crippen LogP contribution in [0.25, 0.3) is 0 Å². The number of ether oxygens (including phenoxy) is 1. The Hall–Kier alpha value is -0.170. The molecule has 0 aromatic carbocycles. The summed E-state index contributed by atoms with van der Waals surface area (Å²) in [6.07, 6.45) is 1.86. The van der Waals surface area contributed by atoms with Gasteiger partial charge in [-0.25, -0.2) is 12.7 Å². The van der Waals surface area contributed by atoms with E-state index in [1.807, 2.05) is 0 Å². The molecule has 0 aromatic heterocycles. The third-order valence-electron chi connectivity index (χ3n) is 2.96. The van der Waals surface area contributed by atoms with E-state index in [4.69, 9.17) is 4.74 Å². The van der Waals surface area contributed by atoms with E-state index in [2.05, 4.69) is 0 Å². The van der Waals surface area contributed by atoms with Gasteiger partial charge in [0, 0.05) is 20.2 Å². The second-order valence-electron chi connectivity index (χ2n) is 4.56. The predicted molar refractivity (Wildman–Crippen MR) is 61.7 cm³/mol. The van der Waals surface area contributed by atoms with Crippen molar-refractivity contribution in [1.82, 2.24) is 4.31 Å². The maximum absolute atomic E-state index is 11.9. The second kappa shape index (κ2) is 5.44. The standard InChI is InChI=1S/C10H21NO4S/c1-10(12)4-3-6-11(7-5-10)16(13,14)9-8-15-2/h12H,3-9H2,1-2H3. The molecule has 1 fully saturated rings. The van der Waals surface area contributed by atoms with E-state index in [0.717, 1.165) is 0 Å². The van der Waals surface area contributed by atoms with Crippen LogP contribution in [-0.2, 0) is 14.8 Å². The van der Waals surface area contributed by atoms with Gasteiger partial charge in [-0.05, 0) is 26.2 Å². The number of rotatable bonds is 4. The molecule has 1 rings (SSSR count). The second-order valence-corrected chi connectivity index (χ2v) is 6.65. The third-order valence-corrected chi connectivity index (χ3v) is 4.80. The molecule has 0 radical (unpaired) electrons. The number of methoxy groups -OCH3 is 1. The highest BCUT2D eigenvalue weighted by Crippen LogP contribution is 2.22. The van der Waals surface area contributed by atoms with E-state index < -0.39 is 15.6 Å². The fraction of sp³-hybridized carbons (Fsp3) is 1.00. The lowest BCUT2D eigenvalue weighted by molar-refractivity contribution is 0.0465. The highest BCUT2D eigenvalue weighted by atomic mass is 32.2. The van der Waals surface area contributed by atoms with E-state index in [-0.39, 0.29) is 12.4 Å². The SMILES string of the molecule is COCCS(=O)(=O)N1CCCC(C)(O)CC1. The molecule has 1 unspecified atom stereocenters. The molecular formula is C10H21NO4S. The fourth-order valence-corrected chi connectivity index (χ4v) is 3.25. The first-order chi connectivity index (χ1) is 7.37. The number of sulfonamides is 1. The summed E-state index contributed by atoms with van der Waals surface area (Å²) in [4.78, 5) is 0. The number of hydrogen-bond acceptors (Lipinski definition) is 4. The molecule has 0 bridgehead atoms. The monoisotopic (exact) mass is 251 g/mol. The first-order valence-electron chi connectivity index (χ1n) is 5.56. The molecule has 1 saturated heterocycles. The van der Waals surface area contributed by atoms with Crippen LogP contribution in [0.1, 0.15) is 26.2 Å². The van der Waals surface area contributed by atoms with Gasteiger partial charge in [0.15, 0.2) is 0 Å². The van der Waals surface area contributed by atoms with Crippen LogP contribution < -0.4 is 0 Å². The minimum absolute atomic E-state index is 0.0195. The van der Waals surface area contributed by atoms with Crippen LogP contribution in [0.3, 0.4) is 0 Å². The Labute approximate surface area is 97.4 Å². The Morgan fingerprint density at radius 2 is 2.06 bits per heavy atom. The number of aliphatic hydroxyl groups is 1. The van der Waals surface area contributed by atoms with E-state index >= 15 is 0 Å². The van der Waals surface area contributed by atoms with Crippen LogP contribution in [0.2, 0.25) is 0 Å². The molecule has 5 nitrogen and oxygen atoms in total. The maximum Gasteiger partial charge on any atom is 0.216 e. The van der Waals surface area contributed by atoms with Crippen molar-refractivity contribution in [3.8, 4) is 0 Å². The highest BCUT2D eigenvalue weighted by molar-refractivity contribution is 7.89. The quantitative estimate of drug-likeness (QED) is 0.775. The summed E-state index contributed by atoms with van der Waals surface area (Å²) < 4.78 is 30.0. The van der Waals surface area contributed by atoms with E-state index in [1.54, 1.807) is 6.92 Å². The van der Waals surface area contributed by atoms with Crippen LogP contribution in [0, 0.1) is 0 Å². The van der Waals surface area contributed by atoms with Gasteiger partial charge < -0.3 is 9.84 Å². The van der Waals surface area contributed by atoms with Crippen LogP contribution in [-0.4, -0.2) is 56.0 Å². The topological polar surface area (TPSA) is 66.8 Å². The normalized spacial score (nSPS) is 28.9. The summed E-state index contributed by atoms with van der Waals surface area (Å²) in [7, 11) is -1.73. The zero-order valence-electron chi connectivity index (χ0n) is 9.98. The zero-order chi connectivity index (χ0) is 12.2. The molecule has 96 valence electrons. The van der Waals surface area contributed by atoms with Gasteiger partial charge in [0.2, 0.25) is 10.0 Å². The smallest absolute Gasteiger partial charge is 0.216 e. The Morgan fingerprint density at radius 1 is 1.38 bits per heavy atom. The van der Waals surface area contributed by atoms with Crippen molar-refractivity contribution < 1.29 is 18.3 Å². The van der Waals surface area contributed by atoms with Crippen LogP contribution in [0.15, 0.2) is 0 Å². The number of hydrogen-bond donors (Lipinski definition) is 1. The third kappa shape index (κ3) is 4.01. The molecule has 1 aliphatic heterocycles. The maximum atomic E-state index is 11.9. The summed E-state index contributed by atoms with van der Waals surface area (Å²) in [5.41, 5.74) is -0.731. The predicted octanol–water partition coefficient (Wildman–Crippen LogP) is 0.200. The average Bonchev–Trinajstić information content (AvgIpc) is 2.36. The molecule has 1 N–H and O–H groups in total. The van der Waals surface area contributed by atoms with Gasteiger partial charge >= 0.3 is 0 Å². The Morgan fingerprint density at radius 3 is 2.69 bits per heavy atom. The van der Waals surface area contributed by atoms with E-state index in [9.17, 15) is 13.5 Å². The minimum Gasteiger partial charge on any atom is -0.390 e. The van der Waals surface area contributed by atoms with Crippen molar-refractivity contribution >= 4 is 10.0 Å². The molecule has 6 heteroatoms. The molecule has 16 heavy (non-hydrogen) atoms. The summed E-state index contributed by atoms with van der Waals surface area (Å²) in [6.45, 7) is 2.88. The highest BCUT2D eigenvalue weighted by Gasteiger charge is 2.30. The molecule has 0 amide bonds. The summed E-state index contributed by atoms with van der Waals surface area (Å²) in [5, 5.41) is 9.87. The molecule has 0 aliphatic carbocycles. The van der Waals surface area contributed by atoms with Gasteiger partial charge in [-0.3, -0.25) is 0 Å². The van der Waals surface area contributed by atoms with Crippen molar-refractivity contribution in [2.24, 2.45) is 0 Å². The summed E-state index contributed by atoms with van der Waals surface area (Å²) in [6, 6.07) is 0. The van der Waals surface area contributed by atoms with Gasteiger partial charge in [0.05, 0.1) is 18.0 Å². The largest absolute Gasteiger partial charge is 0.390 e. The van der Waals surface area contributed by atoms with Gasteiger partial charge in [-0.2, -0.15) is 0 Å². The fourth-order valence-electron chi connectivity index (χ4n) is 1.83. The first-order valence-corrected chi connectivity index (χ1v) is 7.17. The van der Waals surface area contributed by atoms with Crippen molar-refractivity contribution in [3.05, 3.63) is 0 Å². The van der Waals surface area contributed by atoms with Crippen molar-refractivity contribution in [2.75, 3.05) is 32.6 Å². The van der Waals surface area contributed by atoms with Crippen molar-refractivity contribution in [1.29, 1.82) is 0 Å². The lowest BCUT2D eigenvalue weighted by atomic mass is 9.98. The molecule has 0 spiro atoms. The number of nitrogens with zero attached hydrogens (tertiary/aromatic N) is 1. The van der Waals surface area contributed by atoms with Gasteiger partial charge in [-0.1, -0.05) is 0 Å². The summed E-state index contributed by atoms with van der Waals surface area (Å²) in [5.74, 6) is 0.0195. The Balaban J connectivity index is 2.60. The zero-order valence-corrected chi connectivity index (χ0v) is 10.8. The Kier molecular flexibility index (Phi) is 4.73.